The van der Waals surface area contributed by atoms with E-state index < -0.39 is 0 Å². The second-order valence-electron chi connectivity index (χ2n) is 4.26. The summed E-state index contributed by atoms with van der Waals surface area (Å²) in [6.45, 7) is 4.82. The van der Waals surface area contributed by atoms with Gasteiger partial charge in [0.15, 0.2) is 0 Å². The van der Waals surface area contributed by atoms with Crippen LogP contribution in [0.1, 0.15) is 39.0 Å². The van der Waals surface area contributed by atoms with Gasteiger partial charge < -0.3 is 15.4 Å². The van der Waals surface area contributed by atoms with Crippen LogP contribution in [0.3, 0.4) is 0 Å². The molecule has 1 unspecified atom stereocenters. The Hall–Kier alpha value is -0.610. The molecule has 0 bridgehead atoms. The van der Waals surface area contributed by atoms with Gasteiger partial charge in [0.2, 0.25) is 5.91 Å². The standard InChI is InChI=1S/C12H24N2O2/c1-2-16-10-7-12(15)14-9-4-6-11(14)5-3-8-13/h11H,2-10,13H2,1H3. The molecule has 16 heavy (non-hydrogen) atoms. The van der Waals surface area contributed by atoms with Crippen molar-refractivity contribution in [3.05, 3.63) is 0 Å². The van der Waals surface area contributed by atoms with E-state index in [1.807, 2.05) is 11.8 Å². The number of amides is 1. The van der Waals surface area contributed by atoms with Crippen LogP contribution in [0.25, 0.3) is 0 Å². The van der Waals surface area contributed by atoms with Crippen LogP contribution in [-0.4, -0.2) is 43.2 Å². The fourth-order valence-electron chi connectivity index (χ4n) is 2.27. The minimum Gasteiger partial charge on any atom is -0.381 e. The van der Waals surface area contributed by atoms with Gasteiger partial charge in [-0.25, -0.2) is 0 Å². The number of carbonyl (C=O) groups is 1. The fourth-order valence-corrected chi connectivity index (χ4v) is 2.27. The van der Waals surface area contributed by atoms with Gasteiger partial charge in [0, 0.05) is 19.2 Å². The van der Waals surface area contributed by atoms with Crippen LogP contribution in [0.4, 0.5) is 0 Å². The third-order valence-electron chi connectivity index (χ3n) is 3.10. The molecule has 0 saturated carbocycles. The predicted octanol–water partition coefficient (Wildman–Crippen LogP) is 1.14. The van der Waals surface area contributed by atoms with Crippen molar-refractivity contribution in [3.8, 4) is 0 Å². The molecule has 1 aliphatic heterocycles. The van der Waals surface area contributed by atoms with Crippen LogP contribution >= 0.6 is 0 Å². The van der Waals surface area contributed by atoms with Gasteiger partial charge >= 0.3 is 0 Å². The highest BCUT2D eigenvalue weighted by molar-refractivity contribution is 5.76. The summed E-state index contributed by atoms with van der Waals surface area (Å²) >= 11 is 0. The predicted molar refractivity (Wildman–Crippen MR) is 64.1 cm³/mol. The van der Waals surface area contributed by atoms with E-state index >= 15 is 0 Å². The minimum absolute atomic E-state index is 0.243. The van der Waals surface area contributed by atoms with E-state index in [0.29, 0.717) is 25.7 Å². The molecule has 1 atom stereocenters. The fraction of sp³-hybridized carbons (Fsp3) is 0.917. The van der Waals surface area contributed by atoms with Gasteiger partial charge in [0.25, 0.3) is 0 Å². The van der Waals surface area contributed by atoms with Crippen LogP contribution in [0.5, 0.6) is 0 Å². The Bertz CT molecular complexity index is 209. The molecule has 0 spiro atoms. The number of nitrogens with zero attached hydrogens (tertiary/aromatic N) is 1. The van der Waals surface area contributed by atoms with Crippen LogP contribution in [0.15, 0.2) is 0 Å². The molecule has 1 fully saturated rings. The number of likely N-dealkylation sites (tertiary alicyclic amines) is 1. The van der Waals surface area contributed by atoms with Gasteiger partial charge in [0.1, 0.15) is 0 Å². The first kappa shape index (κ1) is 13.5. The monoisotopic (exact) mass is 228 g/mol. The lowest BCUT2D eigenvalue weighted by atomic mass is 10.1. The number of carbonyl (C=O) groups excluding carboxylic acids is 1. The molecule has 1 rings (SSSR count). The zero-order chi connectivity index (χ0) is 11.8. The Labute approximate surface area is 98.1 Å². The summed E-state index contributed by atoms with van der Waals surface area (Å²) in [4.78, 5) is 13.9. The molecule has 0 radical (unpaired) electrons. The lowest BCUT2D eigenvalue weighted by Crippen LogP contribution is -2.36. The maximum atomic E-state index is 11.9. The molecule has 4 heteroatoms. The average Bonchev–Trinajstić information content (AvgIpc) is 2.74. The first-order valence-corrected chi connectivity index (χ1v) is 6.36. The summed E-state index contributed by atoms with van der Waals surface area (Å²) in [6, 6.07) is 0.428. The summed E-state index contributed by atoms with van der Waals surface area (Å²) in [6.07, 6.45) is 4.86. The highest BCUT2D eigenvalue weighted by atomic mass is 16.5. The summed E-state index contributed by atoms with van der Waals surface area (Å²) in [5, 5.41) is 0. The maximum absolute atomic E-state index is 11.9. The number of hydrogen-bond donors (Lipinski definition) is 1. The number of ether oxygens (including phenoxy) is 1. The number of nitrogens with two attached hydrogens (primary N) is 1. The Kier molecular flexibility index (Phi) is 6.42. The van der Waals surface area contributed by atoms with Gasteiger partial charge in [-0.2, -0.15) is 0 Å². The van der Waals surface area contributed by atoms with Crippen molar-refractivity contribution in [2.45, 2.75) is 45.1 Å². The minimum atomic E-state index is 0.243. The summed E-state index contributed by atoms with van der Waals surface area (Å²) < 4.78 is 5.21. The molecule has 0 aliphatic carbocycles. The first-order chi connectivity index (χ1) is 7.79. The molecule has 1 heterocycles. The van der Waals surface area contributed by atoms with E-state index in [4.69, 9.17) is 10.5 Å². The number of rotatable bonds is 7. The third kappa shape index (κ3) is 4.10. The van der Waals surface area contributed by atoms with Crippen molar-refractivity contribution in [1.29, 1.82) is 0 Å². The molecule has 4 nitrogen and oxygen atoms in total. The van der Waals surface area contributed by atoms with E-state index in [-0.39, 0.29) is 5.91 Å². The summed E-state index contributed by atoms with van der Waals surface area (Å²) in [7, 11) is 0. The Morgan fingerprint density at radius 1 is 1.56 bits per heavy atom. The van der Waals surface area contributed by atoms with Gasteiger partial charge in [0.05, 0.1) is 13.0 Å². The highest BCUT2D eigenvalue weighted by Gasteiger charge is 2.27. The number of hydrogen-bond acceptors (Lipinski definition) is 3. The SMILES string of the molecule is CCOCCC(=O)N1CCCC1CCCN. The highest BCUT2D eigenvalue weighted by Crippen LogP contribution is 2.21. The van der Waals surface area contributed by atoms with Crippen molar-refractivity contribution < 1.29 is 9.53 Å². The van der Waals surface area contributed by atoms with Crippen molar-refractivity contribution in [3.63, 3.8) is 0 Å². The zero-order valence-corrected chi connectivity index (χ0v) is 10.3. The molecular weight excluding hydrogens is 204 g/mol. The van der Waals surface area contributed by atoms with Gasteiger partial charge in [-0.05, 0) is 39.2 Å². The van der Waals surface area contributed by atoms with Gasteiger partial charge in [-0.15, -0.1) is 0 Å². The van der Waals surface area contributed by atoms with Crippen molar-refractivity contribution in [2.75, 3.05) is 26.3 Å². The summed E-state index contributed by atoms with van der Waals surface area (Å²) in [5.74, 6) is 0.243. The second-order valence-corrected chi connectivity index (χ2v) is 4.26. The molecule has 0 aromatic heterocycles. The quantitative estimate of drug-likeness (QED) is 0.665. The van der Waals surface area contributed by atoms with E-state index in [0.717, 1.165) is 38.8 Å². The smallest absolute Gasteiger partial charge is 0.225 e. The van der Waals surface area contributed by atoms with Crippen LogP contribution in [0, 0.1) is 0 Å². The Balaban J connectivity index is 2.29. The van der Waals surface area contributed by atoms with Gasteiger partial charge in [-0.1, -0.05) is 0 Å². The third-order valence-corrected chi connectivity index (χ3v) is 3.10. The molecule has 0 aromatic rings. The van der Waals surface area contributed by atoms with E-state index in [2.05, 4.69) is 0 Å². The van der Waals surface area contributed by atoms with Crippen molar-refractivity contribution in [2.24, 2.45) is 5.73 Å². The lowest BCUT2D eigenvalue weighted by molar-refractivity contribution is -0.133. The molecule has 1 amide bonds. The molecule has 1 saturated heterocycles. The average molecular weight is 228 g/mol. The molecule has 94 valence electrons. The van der Waals surface area contributed by atoms with Crippen LogP contribution < -0.4 is 5.73 Å². The summed E-state index contributed by atoms with van der Waals surface area (Å²) in [5.41, 5.74) is 5.50. The second kappa shape index (κ2) is 7.63. The first-order valence-electron chi connectivity index (χ1n) is 6.36. The topological polar surface area (TPSA) is 55.6 Å². The van der Waals surface area contributed by atoms with Crippen LogP contribution in [-0.2, 0) is 9.53 Å². The molecule has 0 aromatic carbocycles. The maximum Gasteiger partial charge on any atom is 0.225 e. The molecule has 2 N–H and O–H groups in total. The largest absolute Gasteiger partial charge is 0.381 e. The Morgan fingerprint density at radius 3 is 3.06 bits per heavy atom. The van der Waals surface area contributed by atoms with Crippen molar-refractivity contribution in [1.82, 2.24) is 4.90 Å². The van der Waals surface area contributed by atoms with E-state index in [1.54, 1.807) is 0 Å². The van der Waals surface area contributed by atoms with Crippen molar-refractivity contribution >= 4 is 5.91 Å². The lowest BCUT2D eigenvalue weighted by Gasteiger charge is -2.24. The molecule has 1 aliphatic rings. The van der Waals surface area contributed by atoms with Crippen LogP contribution in [0.2, 0.25) is 0 Å². The van der Waals surface area contributed by atoms with E-state index in [1.165, 1.54) is 0 Å². The Morgan fingerprint density at radius 2 is 2.38 bits per heavy atom. The zero-order valence-electron chi connectivity index (χ0n) is 10.3. The van der Waals surface area contributed by atoms with E-state index in [9.17, 15) is 4.79 Å². The van der Waals surface area contributed by atoms with Gasteiger partial charge in [-0.3, -0.25) is 4.79 Å². The normalized spacial score (nSPS) is 20.4. The molecular formula is C12H24N2O2.